The van der Waals surface area contributed by atoms with Crippen molar-refractivity contribution >= 4 is 5.69 Å². The van der Waals surface area contributed by atoms with Gasteiger partial charge in [-0.15, -0.1) is 6.58 Å². The van der Waals surface area contributed by atoms with E-state index in [9.17, 15) is 0 Å². The smallest absolute Gasteiger partial charge is 0.0367 e. The van der Waals surface area contributed by atoms with Crippen molar-refractivity contribution in [3.8, 4) is 0 Å². The molecule has 1 unspecified atom stereocenters. The molecule has 1 saturated heterocycles. The molecule has 1 aliphatic rings. The Morgan fingerprint density at radius 1 is 1.40 bits per heavy atom. The van der Waals surface area contributed by atoms with Gasteiger partial charge < -0.3 is 10.2 Å². The first-order valence-electron chi connectivity index (χ1n) is 5.54. The highest BCUT2D eigenvalue weighted by Gasteiger charge is 2.17. The quantitative estimate of drug-likeness (QED) is 0.758. The minimum absolute atomic E-state index is 0.552. The van der Waals surface area contributed by atoms with Gasteiger partial charge in [-0.05, 0) is 18.6 Å². The molecule has 1 aliphatic heterocycles. The number of anilines is 1. The van der Waals surface area contributed by atoms with Crippen LogP contribution in [0.25, 0.3) is 0 Å². The van der Waals surface area contributed by atoms with Gasteiger partial charge in [-0.1, -0.05) is 24.3 Å². The van der Waals surface area contributed by atoms with Crippen molar-refractivity contribution < 1.29 is 0 Å². The molecule has 0 radical (unpaired) electrons. The van der Waals surface area contributed by atoms with E-state index in [1.165, 1.54) is 5.69 Å². The van der Waals surface area contributed by atoms with Crippen LogP contribution in [0.4, 0.5) is 5.69 Å². The van der Waals surface area contributed by atoms with Crippen LogP contribution in [-0.2, 0) is 0 Å². The molecule has 15 heavy (non-hydrogen) atoms. The Morgan fingerprint density at radius 3 is 2.93 bits per heavy atom. The van der Waals surface area contributed by atoms with Gasteiger partial charge in [0.25, 0.3) is 0 Å². The fraction of sp³-hybridized carbons (Fsp3) is 0.385. The van der Waals surface area contributed by atoms with Crippen LogP contribution in [0.3, 0.4) is 0 Å². The summed E-state index contributed by atoms with van der Waals surface area (Å²) in [5.74, 6) is 0. The zero-order valence-electron chi connectivity index (χ0n) is 9.02. The Balaban J connectivity index is 2.01. The summed E-state index contributed by atoms with van der Waals surface area (Å²) in [6, 6.07) is 11.2. The first kappa shape index (κ1) is 10.2. The molecule has 2 nitrogen and oxygen atoms in total. The van der Waals surface area contributed by atoms with Gasteiger partial charge in [-0.25, -0.2) is 0 Å². The van der Waals surface area contributed by atoms with Crippen LogP contribution in [-0.4, -0.2) is 25.7 Å². The second-order valence-corrected chi connectivity index (χ2v) is 3.96. The zero-order valence-corrected chi connectivity index (χ0v) is 9.02. The fourth-order valence-corrected chi connectivity index (χ4v) is 2.06. The van der Waals surface area contributed by atoms with Crippen molar-refractivity contribution in [1.82, 2.24) is 5.32 Å². The molecule has 2 rings (SSSR count). The Morgan fingerprint density at radius 2 is 2.20 bits per heavy atom. The summed E-state index contributed by atoms with van der Waals surface area (Å²) in [6.45, 7) is 7.03. The first-order chi connectivity index (χ1) is 7.40. The lowest BCUT2D eigenvalue weighted by atomic mass is 10.1. The van der Waals surface area contributed by atoms with E-state index < -0.39 is 0 Å². The summed E-state index contributed by atoms with van der Waals surface area (Å²) in [6.07, 6.45) is 3.04. The highest BCUT2D eigenvalue weighted by molar-refractivity contribution is 5.46. The normalized spacial score (nSPS) is 21.3. The standard InChI is InChI=1S/C13H18N2/c1-2-6-12-11-15(10-9-14-12)13-7-4-3-5-8-13/h2-5,7-8,12,14H,1,6,9-11H2/i13+2. The van der Waals surface area contributed by atoms with Crippen LogP contribution in [0.2, 0.25) is 0 Å². The van der Waals surface area contributed by atoms with E-state index in [4.69, 9.17) is 0 Å². The maximum Gasteiger partial charge on any atom is 0.0367 e. The van der Waals surface area contributed by atoms with E-state index in [1.807, 2.05) is 6.08 Å². The van der Waals surface area contributed by atoms with Gasteiger partial charge in [0, 0.05) is 31.4 Å². The number of hydrogen-bond acceptors (Lipinski definition) is 2. The van der Waals surface area contributed by atoms with E-state index >= 15 is 0 Å². The average molecular weight is 204 g/mol. The van der Waals surface area contributed by atoms with E-state index in [-0.39, 0.29) is 0 Å². The molecule has 1 fully saturated rings. The number of piperazine rings is 1. The van der Waals surface area contributed by atoms with E-state index in [0.717, 1.165) is 26.1 Å². The Kier molecular flexibility index (Phi) is 3.41. The number of benzene rings is 1. The number of rotatable bonds is 3. The lowest BCUT2D eigenvalue weighted by Crippen LogP contribution is -2.50. The van der Waals surface area contributed by atoms with Gasteiger partial charge in [-0.2, -0.15) is 0 Å². The van der Waals surface area contributed by atoms with Crippen molar-refractivity contribution in [1.29, 1.82) is 0 Å². The SMILES string of the molecule is C=CCC1CN([14c]2ccccc2)CCN1. The molecule has 2 heteroatoms. The summed E-state index contributed by atoms with van der Waals surface area (Å²) >= 11 is 0. The summed E-state index contributed by atoms with van der Waals surface area (Å²) in [4.78, 5) is 2.44. The zero-order chi connectivity index (χ0) is 10.5. The molecule has 0 amide bonds. The van der Waals surface area contributed by atoms with Crippen molar-refractivity contribution in [2.45, 2.75) is 12.5 Å². The van der Waals surface area contributed by atoms with Crippen molar-refractivity contribution in [2.75, 3.05) is 24.5 Å². The number of nitrogens with one attached hydrogen (secondary N) is 1. The molecule has 0 aliphatic carbocycles. The molecule has 0 aromatic heterocycles. The molecule has 0 bridgehead atoms. The molecule has 0 spiro atoms. The predicted molar refractivity (Wildman–Crippen MR) is 65.3 cm³/mol. The van der Waals surface area contributed by atoms with Crippen molar-refractivity contribution in [3.05, 3.63) is 43.0 Å². The van der Waals surface area contributed by atoms with Gasteiger partial charge in [0.15, 0.2) is 0 Å². The predicted octanol–water partition coefficient (Wildman–Crippen LogP) is 2.04. The number of nitrogens with zero attached hydrogens (tertiary/aromatic N) is 1. The van der Waals surface area contributed by atoms with Gasteiger partial charge in [0.2, 0.25) is 0 Å². The van der Waals surface area contributed by atoms with Crippen molar-refractivity contribution in [2.24, 2.45) is 0 Å². The van der Waals surface area contributed by atoms with Crippen molar-refractivity contribution in [3.63, 3.8) is 0 Å². The number of para-hydroxylation sites is 1. The third kappa shape index (κ3) is 2.60. The molecule has 1 N–H and O–H groups in total. The van der Waals surface area contributed by atoms with E-state index in [0.29, 0.717) is 6.04 Å². The summed E-state index contributed by atoms with van der Waals surface area (Å²) in [5.41, 5.74) is 1.33. The molecule has 1 heterocycles. The lowest BCUT2D eigenvalue weighted by Gasteiger charge is -2.35. The first-order valence-corrected chi connectivity index (χ1v) is 5.54. The Labute approximate surface area is 91.6 Å². The minimum Gasteiger partial charge on any atom is -0.369 e. The second-order valence-electron chi connectivity index (χ2n) is 3.96. The van der Waals surface area contributed by atoms with Crippen LogP contribution < -0.4 is 10.2 Å². The Hall–Kier alpha value is -1.28. The molecular formula is C13H18N2. The van der Waals surface area contributed by atoms with Gasteiger partial charge >= 0.3 is 0 Å². The molecular weight excluding hydrogens is 186 g/mol. The van der Waals surface area contributed by atoms with E-state index in [2.05, 4.69) is 47.1 Å². The van der Waals surface area contributed by atoms with Gasteiger partial charge in [-0.3, -0.25) is 0 Å². The molecule has 1 aromatic carbocycles. The van der Waals surface area contributed by atoms with Crippen LogP contribution in [0.15, 0.2) is 43.0 Å². The topological polar surface area (TPSA) is 15.3 Å². The van der Waals surface area contributed by atoms with E-state index in [1.54, 1.807) is 0 Å². The summed E-state index contributed by atoms with van der Waals surface area (Å²) < 4.78 is 0. The largest absolute Gasteiger partial charge is 0.369 e. The highest BCUT2D eigenvalue weighted by atomic mass is 15.5. The minimum atomic E-state index is 0.552. The fourth-order valence-electron chi connectivity index (χ4n) is 2.06. The molecule has 1 aromatic rings. The maximum absolute atomic E-state index is 3.79. The van der Waals surface area contributed by atoms with Gasteiger partial charge in [0.05, 0.1) is 0 Å². The third-order valence-corrected chi connectivity index (χ3v) is 2.83. The molecule has 80 valence electrons. The average Bonchev–Trinajstić information content (AvgIpc) is 2.31. The van der Waals surface area contributed by atoms with Crippen LogP contribution in [0.5, 0.6) is 0 Å². The highest BCUT2D eigenvalue weighted by Crippen LogP contribution is 2.15. The van der Waals surface area contributed by atoms with Gasteiger partial charge in [0.1, 0.15) is 0 Å². The monoisotopic (exact) mass is 204 g/mol. The lowest BCUT2D eigenvalue weighted by molar-refractivity contribution is 0.460. The molecule has 0 saturated carbocycles. The third-order valence-electron chi connectivity index (χ3n) is 2.83. The maximum atomic E-state index is 3.79. The summed E-state index contributed by atoms with van der Waals surface area (Å²) in [7, 11) is 0. The summed E-state index contributed by atoms with van der Waals surface area (Å²) in [5, 5.41) is 3.51. The van der Waals surface area contributed by atoms with Crippen LogP contribution >= 0.6 is 0 Å². The number of hydrogen-bond donors (Lipinski definition) is 1. The Bertz CT molecular complexity index is 308. The second kappa shape index (κ2) is 4.99. The van der Waals surface area contributed by atoms with Crippen LogP contribution in [0.1, 0.15) is 6.42 Å². The van der Waals surface area contributed by atoms with Crippen LogP contribution in [0, 0.1) is 0 Å². The molecule has 1 atom stereocenters.